The van der Waals surface area contributed by atoms with Crippen LogP contribution in [-0.4, -0.2) is 25.3 Å². The molecule has 20 heavy (non-hydrogen) atoms. The summed E-state index contributed by atoms with van der Waals surface area (Å²) in [6, 6.07) is 0.159. The summed E-state index contributed by atoms with van der Waals surface area (Å²) >= 11 is 0. The Balaban J connectivity index is 2.42. The Morgan fingerprint density at radius 3 is 2.45 bits per heavy atom. The monoisotopic (exact) mass is 300 g/mol. The summed E-state index contributed by atoms with van der Waals surface area (Å²) in [5, 5.41) is 0. The van der Waals surface area contributed by atoms with E-state index in [9.17, 15) is 8.42 Å². The molecule has 0 radical (unpaired) electrons. The Kier molecular flexibility index (Phi) is 4.56. The molecule has 0 saturated heterocycles. The fourth-order valence-corrected chi connectivity index (χ4v) is 4.73. The lowest BCUT2D eigenvalue weighted by Crippen LogP contribution is -2.34. The Morgan fingerprint density at radius 2 is 1.95 bits per heavy atom. The van der Waals surface area contributed by atoms with Gasteiger partial charge >= 0.3 is 0 Å². The number of furan rings is 1. The average Bonchev–Trinajstić information content (AvgIpc) is 3.14. The van der Waals surface area contributed by atoms with E-state index in [1.54, 1.807) is 18.2 Å². The highest BCUT2D eigenvalue weighted by Crippen LogP contribution is 2.36. The van der Waals surface area contributed by atoms with Crippen LogP contribution in [0.4, 0.5) is 0 Å². The van der Waals surface area contributed by atoms with Gasteiger partial charge in [-0.3, -0.25) is 0 Å². The van der Waals surface area contributed by atoms with Gasteiger partial charge in [0, 0.05) is 24.7 Å². The van der Waals surface area contributed by atoms with Crippen molar-refractivity contribution in [1.82, 2.24) is 4.31 Å². The maximum absolute atomic E-state index is 12.9. The molecular weight excluding hydrogens is 276 g/mol. The van der Waals surface area contributed by atoms with Gasteiger partial charge < -0.3 is 10.2 Å². The summed E-state index contributed by atoms with van der Waals surface area (Å²) in [5.41, 5.74) is 6.33. The van der Waals surface area contributed by atoms with Gasteiger partial charge in [0.1, 0.15) is 16.4 Å². The first-order valence-electron chi connectivity index (χ1n) is 7.24. The van der Waals surface area contributed by atoms with Crippen molar-refractivity contribution < 1.29 is 12.8 Å². The summed E-state index contributed by atoms with van der Waals surface area (Å²) in [6.07, 6.45) is 3.77. The molecule has 1 saturated carbocycles. The number of aryl methyl sites for hydroxylation is 2. The summed E-state index contributed by atoms with van der Waals surface area (Å²) in [6.45, 7) is 6.29. The highest BCUT2D eigenvalue weighted by molar-refractivity contribution is 7.89. The lowest BCUT2D eigenvalue weighted by molar-refractivity contribution is 0.393. The Bertz CT molecular complexity index is 573. The third kappa shape index (κ3) is 2.77. The quantitative estimate of drug-likeness (QED) is 0.838. The van der Waals surface area contributed by atoms with Crippen LogP contribution in [0.3, 0.4) is 0 Å². The average molecular weight is 300 g/mol. The fourth-order valence-electron chi connectivity index (χ4n) is 2.58. The number of hydrogen-bond acceptors (Lipinski definition) is 4. The summed E-state index contributed by atoms with van der Waals surface area (Å²) in [5.74, 6) is 1.06. The van der Waals surface area contributed by atoms with E-state index in [0.29, 0.717) is 28.5 Å². The predicted molar refractivity (Wildman–Crippen MR) is 77.9 cm³/mol. The molecule has 1 aromatic rings. The molecule has 5 nitrogen and oxygen atoms in total. The van der Waals surface area contributed by atoms with Crippen LogP contribution < -0.4 is 5.73 Å². The van der Waals surface area contributed by atoms with Gasteiger partial charge in [0.2, 0.25) is 10.0 Å². The summed E-state index contributed by atoms with van der Waals surface area (Å²) < 4.78 is 33.0. The van der Waals surface area contributed by atoms with E-state index in [-0.39, 0.29) is 12.6 Å². The van der Waals surface area contributed by atoms with Crippen molar-refractivity contribution in [3.8, 4) is 0 Å². The fraction of sp³-hybridized carbons (Fsp3) is 0.714. The molecule has 1 fully saturated rings. The van der Waals surface area contributed by atoms with Crippen LogP contribution in [-0.2, 0) is 16.6 Å². The molecule has 2 rings (SSSR count). The van der Waals surface area contributed by atoms with E-state index < -0.39 is 10.0 Å². The Hall–Kier alpha value is -0.850. The number of nitrogens with two attached hydrogens (primary N) is 1. The van der Waals surface area contributed by atoms with Crippen LogP contribution in [0.25, 0.3) is 0 Å². The second-order valence-corrected chi connectivity index (χ2v) is 7.25. The molecule has 0 aliphatic heterocycles. The molecule has 0 bridgehead atoms. The van der Waals surface area contributed by atoms with Crippen LogP contribution in [0.1, 0.15) is 49.7 Å². The topological polar surface area (TPSA) is 76.5 Å². The third-order valence-electron chi connectivity index (χ3n) is 3.78. The lowest BCUT2D eigenvalue weighted by Gasteiger charge is -2.22. The third-order valence-corrected chi connectivity index (χ3v) is 5.93. The highest BCUT2D eigenvalue weighted by Gasteiger charge is 2.40. The van der Waals surface area contributed by atoms with Gasteiger partial charge in [-0.25, -0.2) is 8.42 Å². The first-order valence-corrected chi connectivity index (χ1v) is 8.68. The van der Waals surface area contributed by atoms with Crippen LogP contribution >= 0.6 is 0 Å². The van der Waals surface area contributed by atoms with Crippen LogP contribution in [0.5, 0.6) is 0 Å². The molecular formula is C14H24N2O3S. The van der Waals surface area contributed by atoms with Crippen LogP contribution in [0.15, 0.2) is 9.31 Å². The van der Waals surface area contributed by atoms with Crippen molar-refractivity contribution >= 4 is 10.0 Å². The molecule has 0 aromatic carbocycles. The molecule has 1 aliphatic rings. The Morgan fingerprint density at radius 1 is 1.30 bits per heavy atom. The predicted octanol–water partition coefficient (Wildman–Crippen LogP) is 2.31. The Labute approximate surface area is 121 Å². The minimum Gasteiger partial charge on any atom is -0.465 e. The van der Waals surface area contributed by atoms with E-state index in [4.69, 9.17) is 10.2 Å². The van der Waals surface area contributed by atoms with E-state index in [2.05, 4.69) is 6.92 Å². The van der Waals surface area contributed by atoms with Gasteiger partial charge in [-0.2, -0.15) is 4.31 Å². The van der Waals surface area contributed by atoms with Gasteiger partial charge in [-0.05, 0) is 33.1 Å². The minimum atomic E-state index is -3.50. The standard InChI is InChI=1S/C14H24N2O3S/c1-4-5-8-16(12-6-7-12)20(17,18)14-11(3)19-10(2)13(14)9-15/h12H,4-9,15H2,1-3H3. The molecule has 0 spiro atoms. The molecule has 1 aliphatic carbocycles. The van der Waals surface area contributed by atoms with Crippen LogP contribution in [0, 0.1) is 13.8 Å². The molecule has 0 atom stereocenters. The zero-order chi connectivity index (χ0) is 14.9. The number of hydrogen-bond donors (Lipinski definition) is 1. The van der Waals surface area contributed by atoms with Gasteiger partial charge in [-0.1, -0.05) is 13.3 Å². The van der Waals surface area contributed by atoms with Crippen molar-refractivity contribution in [2.75, 3.05) is 6.54 Å². The van der Waals surface area contributed by atoms with E-state index >= 15 is 0 Å². The maximum atomic E-state index is 12.9. The van der Waals surface area contributed by atoms with Gasteiger partial charge in [0.25, 0.3) is 0 Å². The second kappa shape index (κ2) is 5.87. The summed E-state index contributed by atoms with van der Waals surface area (Å²) in [4.78, 5) is 0.292. The molecule has 0 amide bonds. The van der Waals surface area contributed by atoms with Gasteiger partial charge in [0.15, 0.2) is 0 Å². The normalized spacial score (nSPS) is 16.1. The van der Waals surface area contributed by atoms with E-state index in [1.165, 1.54) is 0 Å². The molecule has 1 heterocycles. The van der Waals surface area contributed by atoms with Crippen molar-refractivity contribution in [1.29, 1.82) is 0 Å². The molecule has 1 aromatic heterocycles. The number of rotatable bonds is 7. The largest absolute Gasteiger partial charge is 0.465 e. The van der Waals surface area contributed by atoms with Gasteiger partial charge in [-0.15, -0.1) is 0 Å². The van der Waals surface area contributed by atoms with E-state index in [1.807, 2.05) is 0 Å². The van der Waals surface area contributed by atoms with Crippen LogP contribution in [0.2, 0.25) is 0 Å². The van der Waals surface area contributed by atoms with E-state index in [0.717, 1.165) is 25.7 Å². The zero-order valence-electron chi connectivity index (χ0n) is 12.5. The van der Waals surface area contributed by atoms with Crippen molar-refractivity contribution in [2.24, 2.45) is 5.73 Å². The second-order valence-electron chi connectivity index (χ2n) is 5.43. The highest BCUT2D eigenvalue weighted by atomic mass is 32.2. The number of sulfonamides is 1. The molecule has 114 valence electrons. The first kappa shape index (κ1) is 15.5. The molecule has 0 unspecified atom stereocenters. The smallest absolute Gasteiger partial charge is 0.247 e. The van der Waals surface area contributed by atoms with Crippen molar-refractivity contribution in [2.45, 2.75) is 63.9 Å². The lowest BCUT2D eigenvalue weighted by atomic mass is 10.2. The maximum Gasteiger partial charge on any atom is 0.247 e. The minimum absolute atomic E-state index is 0.159. The van der Waals surface area contributed by atoms with Crippen molar-refractivity contribution in [3.63, 3.8) is 0 Å². The first-order chi connectivity index (χ1) is 9.43. The molecule has 6 heteroatoms. The van der Waals surface area contributed by atoms with Crippen molar-refractivity contribution in [3.05, 3.63) is 17.1 Å². The zero-order valence-corrected chi connectivity index (χ0v) is 13.3. The number of nitrogens with zero attached hydrogens (tertiary/aromatic N) is 1. The van der Waals surface area contributed by atoms with Gasteiger partial charge in [0.05, 0.1) is 0 Å². The molecule has 2 N–H and O–H groups in total. The number of unbranched alkanes of at least 4 members (excludes halogenated alkanes) is 1. The summed E-state index contributed by atoms with van der Waals surface area (Å²) in [7, 11) is -3.50. The SMILES string of the molecule is CCCCN(C1CC1)S(=O)(=O)c1c(C)oc(C)c1CN.